The molecule has 0 unspecified atom stereocenters. The Morgan fingerprint density at radius 2 is 2.07 bits per heavy atom. The van der Waals surface area contributed by atoms with Crippen LogP contribution in [0, 0.1) is 0 Å². The lowest BCUT2D eigenvalue weighted by atomic mass is 9.84. The summed E-state index contributed by atoms with van der Waals surface area (Å²) in [6, 6.07) is 6.03. The van der Waals surface area contributed by atoms with E-state index in [0.717, 1.165) is 15.8 Å². The summed E-state index contributed by atoms with van der Waals surface area (Å²) in [6.07, 6.45) is 0. The van der Waals surface area contributed by atoms with E-state index in [1.165, 1.54) is 0 Å². The van der Waals surface area contributed by atoms with E-state index >= 15 is 0 Å². The van der Waals surface area contributed by atoms with Crippen molar-refractivity contribution < 1.29 is 4.74 Å². The van der Waals surface area contributed by atoms with Crippen LogP contribution in [0.5, 0.6) is 5.75 Å². The lowest BCUT2D eigenvalue weighted by Crippen LogP contribution is -2.28. The normalized spacial score (nSPS) is 11.5. The SMILES string of the molecule is COc1cc(Br)ccc1C(C)(C)CN. The molecule has 3 heteroatoms. The number of benzene rings is 1. The van der Waals surface area contributed by atoms with Crippen molar-refractivity contribution in [3.63, 3.8) is 0 Å². The molecule has 2 N–H and O–H groups in total. The molecule has 0 amide bonds. The smallest absolute Gasteiger partial charge is 0.123 e. The van der Waals surface area contributed by atoms with E-state index in [1.807, 2.05) is 12.1 Å². The maximum atomic E-state index is 5.73. The van der Waals surface area contributed by atoms with Gasteiger partial charge in [0, 0.05) is 22.0 Å². The third-order valence-corrected chi connectivity index (χ3v) is 2.90. The Bertz CT molecular complexity index is 323. The van der Waals surface area contributed by atoms with Crippen molar-refractivity contribution in [3.8, 4) is 5.75 Å². The van der Waals surface area contributed by atoms with Crippen molar-refractivity contribution in [2.75, 3.05) is 13.7 Å². The zero-order chi connectivity index (χ0) is 10.8. The maximum Gasteiger partial charge on any atom is 0.123 e. The van der Waals surface area contributed by atoms with Crippen molar-refractivity contribution in [2.45, 2.75) is 19.3 Å². The molecule has 0 atom stereocenters. The van der Waals surface area contributed by atoms with Crippen LogP contribution in [0.1, 0.15) is 19.4 Å². The van der Waals surface area contributed by atoms with Crippen LogP contribution < -0.4 is 10.5 Å². The molecule has 0 saturated carbocycles. The van der Waals surface area contributed by atoms with Crippen LogP contribution in [-0.4, -0.2) is 13.7 Å². The number of hydrogen-bond acceptors (Lipinski definition) is 2. The van der Waals surface area contributed by atoms with Crippen LogP contribution in [0.3, 0.4) is 0 Å². The molecular formula is C11H16BrNO. The van der Waals surface area contributed by atoms with Gasteiger partial charge in [-0.25, -0.2) is 0 Å². The standard InChI is InChI=1S/C11H16BrNO/c1-11(2,7-13)9-5-4-8(12)6-10(9)14-3/h4-6H,7,13H2,1-3H3. The second-order valence-corrected chi connectivity index (χ2v) is 4.85. The Kier molecular flexibility index (Phi) is 3.56. The molecule has 0 bridgehead atoms. The molecule has 0 heterocycles. The number of nitrogens with two attached hydrogens (primary N) is 1. The molecule has 0 spiro atoms. The first-order valence-corrected chi connectivity index (χ1v) is 5.34. The van der Waals surface area contributed by atoms with E-state index in [1.54, 1.807) is 7.11 Å². The van der Waals surface area contributed by atoms with Gasteiger partial charge in [-0.05, 0) is 12.1 Å². The van der Waals surface area contributed by atoms with Gasteiger partial charge in [0.15, 0.2) is 0 Å². The molecule has 0 saturated heterocycles. The van der Waals surface area contributed by atoms with Crippen molar-refractivity contribution >= 4 is 15.9 Å². The third kappa shape index (κ3) is 2.28. The molecule has 78 valence electrons. The predicted octanol–water partition coefficient (Wildman–Crippen LogP) is 2.69. The first kappa shape index (κ1) is 11.5. The maximum absolute atomic E-state index is 5.73. The van der Waals surface area contributed by atoms with Crippen molar-refractivity contribution in [2.24, 2.45) is 5.73 Å². The minimum Gasteiger partial charge on any atom is -0.496 e. The molecule has 0 aromatic heterocycles. The van der Waals surface area contributed by atoms with Gasteiger partial charge in [-0.15, -0.1) is 0 Å². The summed E-state index contributed by atoms with van der Waals surface area (Å²) in [5.74, 6) is 0.884. The van der Waals surface area contributed by atoms with Crippen LogP contribution in [0.2, 0.25) is 0 Å². The van der Waals surface area contributed by atoms with Gasteiger partial charge in [0.1, 0.15) is 5.75 Å². The molecular weight excluding hydrogens is 242 g/mol. The summed E-state index contributed by atoms with van der Waals surface area (Å²) >= 11 is 3.41. The van der Waals surface area contributed by atoms with E-state index in [9.17, 15) is 0 Å². The van der Waals surface area contributed by atoms with E-state index in [2.05, 4.69) is 35.8 Å². The zero-order valence-corrected chi connectivity index (χ0v) is 10.4. The summed E-state index contributed by atoms with van der Waals surface area (Å²) < 4.78 is 6.35. The van der Waals surface area contributed by atoms with Crippen molar-refractivity contribution in [1.82, 2.24) is 0 Å². The molecule has 1 rings (SSSR count). The van der Waals surface area contributed by atoms with Crippen LogP contribution in [0.4, 0.5) is 0 Å². The molecule has 0 radical (unpaired) electrons. The fourth-order valence-electron chi connectivity index (χ4n) is 1.33. The monoisotopic (exact) mass is 257 g/mol. The number of methoxy groups -OCH3 is 1. The highest BCUT2D eigenvalue weighted by atomic mass is 79.9. The van der Waals surface area contributed by atoms with Crippen molar-refractivity contribution in [1.29, 1.82) is 0 Å². The summed E-state index contributed by atoms with van der Waals surface area (Å²) in [5, 5.41) is 0. The summed E-state index contributed by atoms with van der Waals surface area (Å²) in [5.41, 5.74) is 6.83. The highest BCUT2D eigenvalue weighted by Crippen LogP contribution is 2.32. The molecule has 2 nitrogen and oxygen atoms in total. The first-order chi connectivity index (χ1) is 6.51. The summed E-state index contributed by atoms with van der Waals surface area (Å²) in [7, 11) is 1.68. The average Bonchev–Trinajstić information content (AvgIpc) is 2.17. The highest BCUT2D eigenvalue weighted by molar-refractivity contribution is 9.10. The van der Waals surface area contributed by atoms with Crippen molar-refractivity contribution in [3.05, 3.63) is 28.2 Å². The molecule has 0 fully saturated rings. The van der Waals surface area contributed by atoms with Gasteiger partial charge < -0.3 is 10.5 Å². The number of hydrogen-bond donors (Lipinski definition) is 1. The Morgan fingerprint density at radius 3 is 2.57 bits per heavy atom. The lowest BCUT2D eigenvalue weighted by molar-refractivity contribution is 0.393. The number of halogens is 1. The summed E-state index contributed by atoms with van der Waals surface area (Å²) in [4.78, 5) is 0. The fourth-order valence-corrected chi connectivity index (χ4v) is 1.67. The molecule has 0 aliphatic rings. The Labute approximate surface area is 93.6 Å². The van der Waals surface area contributed by atoms with Gasteiger partial charge in [-0.2, -0.15) is 0 Å². The van der Waals surface area contributed by atoms with E-state index < -0.39 is 0 Å². The second-order valence-electron chi connectivity index (χ2n) is 3.93. The second kappa shape index (κ2) is 4.32. The number of rotatable bonds is 3. The summed E-state index contributed by atoms with van der Waals surface area (Å²) in [6.45, 7) is 4.82. The molecule has 1 aromatic carbocycles. The molecule has 14 heavy (non-hydrogen) atoms. The fraction of sp³-hybridized carbons (Fsp3) is 0.455. The van der Waals surface area contributed by atoms with Gasteiger partial charge >= 0.3 is 0 Å². The van der Waals surface area contributed by atoms with Crippen LogP contribution in [0.15, 0.2) is 22.7 Å². The predicted molar refractivity (Wildman–Crippen MR) is 62.8 cm³/mol. The van der Waals surface area contributed by atoms with Gasteiger partial charge in [-0.1, -0.05) is 35.8 Å². The average molecular weight is 258 g/mol. The minimum atomic E-state index is -0.0496. The van der Waals surface area contributed by atoms with Crippen LogP contribution in [0.25, 0.3) is 0 Å². The highest BCUT2D eigenvalue weighted by Gasteiger charge is 2.22. The molecule has 0 aliphatic heterocycles. The Balaban J connectivity index is 3.20. The number of ether oxygens (including phenoxy) is 1. The van der Waals surface area contributed by atoms with E-state index in [0.29, 0.717) is 6.54 Å². The largest absolute Gasteiger partial charge is 0.496 e. The quantitative estimate of drug-likeness (QED) is 0.904. The molecule has 1 aromatic rings. The Hall–Kier alpha value is -0.540. The third-order valence-electron chi connectivity index (χ3n) is 2.40. The molecule has 0 aliphatic carbocycles. The minimum absolute atomic E-state index is 0.0496. The zero-order valence-electron chi connectivity index (χ0n) is 8.80. The topological polar surface area (TPSA) is 35.2 Å². The van der Waals surface area contributed by atoms with Crippen LogP contribution >= 0.6 is 15.9 Å². The van der Waals surface area contributed by atoms with Gasteiger partial charge in [0.25, 0.3) is 0 Å². The van der Waals surface area contributed by atoms with Crippen LogP contribution in [-0.2, 0) is 5.41 Å². The van der Waals surface area contributed by atoms with Gasteiger partial charge in [0.05, 0.1) is 7.11 Å². The van der Waals surface area contributed by atoms with E-state index in [4.69, 9.17) is 10.5 Å². The van der Waals surface area contributed by atoms with Gasteiger partial charge in [0.2, 0.25) is 0 Å². The van der Waals surface area contributed by atoms with E-state index in [-0.39, 0.29) is 5.41 Å². The first-order valence-electron chi connectivity index (χ1n) is 4.55. The lowest BCUT2D eigenvalue weighted by Gasteiger charge is -2.25. The van der Waals surface area contributed by atoms with Gasteiger partial charge in [-0.3, -0.25) is 0 Å². The Morgan fingerprint density at radius 1 is 1.43 bits per heavy atom.